The summed E-state index contributed by atoms with van der Waals surface area (Å²) in [5.41, 5.74) is 0.507. The predicted octanol–water partition coefficient (Wildman–Crippen LogP) is 1.65. The van der Waals surface area contributed by atoms with Crippen molar-refractivity contribution in [1.82, 2.24) is 18.8 Å². The fourth-order valence-corrected chi connectivity index (χ4v) is 5.97. The lowest BCUT2D eigenvalue weighted by Crippen LogP contribution is -2.27. The number of hydrogen-bond donors (Lipinski definition) is 2. The second kappa shape index (κ2) is 8.92. The number of aryl methyl sites for hydroxylation is 1. The summed E-state index contributed by atoms with van der Waals surface area (Å²) in [6.07, 6.45) is 5.87. The van der Waals surface area contributed by atoms with Crippen LogP contribution in [0.4, 0.5) is 11.6 Å². The maximum atomic E-state index is 12.8. The lowest BCUT2D eigenvalue weighted by Gasteiger charge is -2.13. The summed E-state index contributed by atoms with van der Waals surface area (Å²) < 4.78 is 55.6. The third kappa shape index (κ3) is 4.89. The van der Waals surface area contributed by atoms with Crippen LogP contribution in [0.3, 0.4) is 0 Å². The van der Waals surface area contributed by atoms with Gasteiger partial charge in [0.1, 0.15) is 10.6 Å². The molecule has 3 aromatic rings. The summed E-state index contributed by atoms with van der Waals surface area (Å²) in [7, 11) is -5.96. The Balaban J connectivity index is 1.48. The third-order valence-electron chi connectivity index (χ3n) is 5.13. The molecule has 0 saturated carbocycles. The van der Waals surface area contributed by atoms with Gasteiger partial charge in [-0.15, -0.1) is 0 Å². The van der Waals surface area contributed by atoms with E-state index >= 15 is 0 Å². The van der Waals surface area contributed by atoms with Gasteiger partial charge in [0.15, 0.2) is 0 Å². The standard InChI is InChI=1S/C20H22N6O5S2/c1-25-14-17(33(30,31)26-11-2-3-12-26)13-18(25)19(27)23-15-5-7-16(8-6-15)32(28,29)24-20-21-9-4-10-22-20/h4-10,13-14H,2-3,11-12H2,1H3,(H,23,27)(H,21,22,24). The lowest BCUT2D eigenvalue weighted by molar-refractivity contribution is 0.101. The number of amides is 1. The number of nitrogens with one attached hydrogen (secondary N) is 2. The van der Waals surface area contributed by atoms with Crippen molar-refractivity contribution >= 4 is 37.6 Å². The van der Waals surface area contributed by atoms with Crippen LogP contribution >= 0.6 is 0 Å². The Bertz CT molecular complexity index is 1360. The molecule has 1 aliphatic heterocycles. The molecule has 4 rings (SSSR count). The zero-order chi connectivity index (χ0) is 23.6. The van der Waals surface area contributed by atoms with Gasteiger partial charge in [0.25, 0.3) is 15.9 Å². The number of nitrogens with zero attached hydrogens (tertiary/aromatic N) is 4. The summed E-state index contributed by atoms with van der Waals surface area (Å²) in [4.78, 5) is 20.4. The van der Waals surface area contributed by atoms with Crippen LogP contribution in [-0.2, 0) is 27.1 Å². The Morgan fingerprint density at radius 1 is 0.970 bits per heavy atom. The molecule has 2 N–H and O–H groups in total. The zero-order valence-corrected chi connectivity index (χ0v) is 19.3. The van der Waals surface area contributed by atoms with E-state index in [0.29, 0.717) is 18.8 Å². The van der Waals surface area contributed by atoms with E-state index in [0.717, 1.165) is 12.8 Å². The average molecular weight is 491 g/mol. The van der Waals surface area contributed by atoms with E-state index in [1.165, 1.54) is 57.8 Å². The minimum Gasteiger partial charge on any atom is -0.345 e. The Morgan fingerprint density at radius 3 is 2.24 bits per heavy atom. The smallest absolute Gasteiger partial charge is 0.272 e. The van der Waals surface area contributed by atoms with E-state index in [9.17, 15) is 21.6 Å². The molecule has 0 spiro atoms. The van der Waals surface area contributed by atoms with Crippen molar-refractivity contribution in [3.05, 3.63) is 60.7 Å². The molecular weight excluding hydrogens is 468 g/mol. The minimum absolute atomic E-state index is 0.0363. The molecule has 3 heterocycles. The first-order valence-corrected chi connectivity index (χ1v) is 13.0. The maximum Gasteiger partial charge on any atom is 0.272 e. The van der Waals surface area contributed by atoms with Crippen molar-refractivity contribution in [1.29, 1.82) is 0 Å². The Morgan fingerprint density at radius 2 is 1.61 bits per heavy atom. The highest BCUT2D eigenvalue weighted by molar-refractivity contribution is 7.92. The lowest BCUT2D eigenvalue weighted by atomic mass is 10.3. The molecule has 13 heteroatoms. The highest BCUT2D eigenvalue weighted by Crippen LogP contribution is 2.23. The van der Waals surface area contributed by atoms with Crippen molar-refractivity contribution in [3.8, 4) is 0 Å². The van der Waals surface area contributed by atoms with Gasteiger partial charge in [-0.25, -0.2) is 31.5 Å². The molecule has 0 radical (unpaired) electrons. The predicted molar refractivity (Wildman–Crippen MR) is 121 cm³/mol. The topological polar surface area (TPSA) is 143 Å². The van der Waals surface area contributed by atoms with Gasteiger partial charge in [0.2, 0.25) is 16.0 Å². The molecular formula is C20H22N6O5S2. The van der Waals surface area contributed by atoms with Crippen LogP contribution in [0.15, 0.2) is 64.8 Å². The molecule has 2 aromatic heterocycles. The normalized spacial score (nSPS) is 14.8. The second-order valence-corrected chi connectivity index (χ2v) is 11.1. The molecule has 33 heavy (non-hydrogen) atoms. The number of rotatable bonds is 7. The summed E-state index contributed by atoms with van der Waals surface area (Å²) >= 11 is 0. The summed E-state index contributed by atoms with van der Waals surface area (Å²) in [5, 5.41) is 2.65. The number of aromatic nitrogens is 3. The van der Waals surface area contributed by atoms with Crippen LogP contribution in [0.2, 0.25) is 0 Å². The van der Waals surface area contributed by atoms with Gasteiger partial charge in [-0.1, -0.05) is 0 Å². The zero-order valence-electron chi connectivity index (χ0n) is 17.7. The van der Waals surface area contributed by atoms with E-state index in [-0.39, 0.29) is 21.4 Å². The number of anilines is 2. The maximum absolute atomic E-state index is 12.8. The molecule has 0 aliphatic carbocycles. The largest absolute Gasteiger partial charge is 0.345 e. The van der Waals surface area contributed by atoms with Crippen molar-refractivity contribution in [3.63, 3.8) is 0 Å². The molecule has 0 unspecified atom stereocenters. The van der Waals surface area contributed by atoms with Crippen LogP contribution in [0.5, 0.6) is 0 Å². The number of benzene rings is 1. The molecule has 1 saturated heterocycles. The summed E-state index contributed by atoms with van der Waals surface area (Å²) in [6, 6.07) is 8.43. The molecule has 1 aliphatic rings. The molecule has 1 aromatic carbocycles. The molecule has 1 fully saturated rings. The Labute approximate surface area is 191 Å². The first kappa shape index (κ1) is 22.9. The van der Waals surface area contributed by atoms with Gasteiger partial charge in [0, 0.05) is 44.4 Å². The van der Waals surface area contributed by atoms with Crippen LogP contribution in [0.1, 0.15) is 23.3 Å². The SMILES string of the molecule is Cn1cc(S(=O)(=O)N2CCCC2)cc1C(=O)Nc1ccc(S(=O)(=O)Nc2ncccn2)cc1. The number of carbonyl (C=O) groups excluding carboxylic acids is 1. The van der Waals surface area contributed by atoms with Gasteiger partial charge in [-0.2, -0.15) is 4.31 Å². The van der Waals surface area contributed by atoms with Crippen molar-refractivity contribution in [2.75, 3.05) is 23.1 Å². The number of carbonyl (C=O) groups is 1. The van der Waals surface area contributed by atoms with E-state index in [4.69, 9.17) is 0 Å². The summed E-state index contributed by atoms with van der Waals surface area (Å²) in [6.45, 7) is 0.943. The minimum atomic E-state index is -3.90. The second-order valence-electron chi connectivity index (χ2n) is 7.44. The molecule has 1 amide bonds. The first-order chi connectivity index (χ1) is 15.7. The van der Waals surface area contributed by atoms with Gasteiger partial charge in [-0.05, 0) is 49.2 Å². The van der Waals surface area contributed by atoms with Crippen LogP contribution in [0.25, 0.3) is 0 Å². The molecule has 174 valence electrons. The van der Waals surface area contributed by atoms with Crippen molar-refractivity contribution in [2.45, 2.75) is 22.6 Å². The van der Waals surface area contributed by atoms with Crippen molar-refractivity contribution in [2.24, 2.45) is 7.05 Å². The van der Waals surface area contributed by atoms with E-state index in [1.54, 1.807) is 13.1 Å². The highest BCUT2D eigenvalue weighted by Gasteiger charge is 2.29. The number of hydrogen-bond acceptors (Lipinski definition) is 7. The molecule has 0 bridgehead atoms. The highest BCUT2D eigenvalue weighted by atomic mass is 32.2. The average Bonchev–Trinajstić information content (AvgIpc) is 3.45. The summed E-state index contributed by atoms with van der Waals surface area (Å²) in [5.74, 6) is -0.579. The van der Waals surface area contributed by atoms with Gasteiger partial charge in [0.05, 0.1) is 4.90 Å². The quantitative estimate of drug-likeness (QED) is 0.512. The van der Waals surface area contributed by atoms with E-state index < -0.39 is 26.0 Å². The van der Waals surface area contributed by atoms with Crippen LogP contribution in [0, 0.1) is 0 Å². The van der Waals surface area contributed by atoms with Crippen LogP contribution < -0.4 is 10.0 Å². The number of sulfonamides is 2. The first-order valence-electron chi connectivity index (χ1n) is 10.0. The van der Waals surface area contributed by atoms with E-state index in [2.05, 4.69) is 20.0 Å². The van der Waals surface area contributed by atoms with Gasteiger partial charge in [-0.3, -0.25) is 4.79 Å². The fourth-order valence-electron chi connectivity index (χ4n) is 3.42. The molecule has 11 nitrogen and oxygen atoms in total. The monoisotopic (exact) mass is 490 g/mol. The third-order valence-corrected chi connectivity index (χ3v) is 8.34. The van der Waals surface area contributed by atoms with Crippen molar-refractivity contribution < 1.29 is 21.6 Å². The van der Waals surface area contributed by atoms with Gasteiger partial charge < -0.3 is 9.88 Å². The van der Waals surface area contributed by atoms with Crippen LogP contribution in [-0.4, -0.2) is 54.7 Å². The van der Waals surface area contributed by atoms with Gasteiger partial charge >= 0.3 is 0 Å². The molecule has 0 atom stereocenters. The fraction of sp³-hybridized carbons (Fsp3) is 0.250. The Hall–Kier alpha value is -3.29. The Kier molecular flexibility index (Phi) is 6.19. The van der Waals surface area contributed by atoms with E-state index in [1.807, 2.05) is 0 Å².